The van der Waals surface area contributed by atoms with Gasteiger partial charge in [0, 0.05) is 37.1 Å². The number of piperazine rings is 1. The quantitative estimate of drug-likeness (QED) is 0.622. The van der Waals surface area contributed by atoms with Crippen LogP contribution in [0, 0.1) is 6.92 Å². The number of hydrogen-bond acceptors (Lipinski definition) is 5. The zero-order chi connectivity index (χ0) is 21.3. The van der Waals surface area contributed by atoms with E-state index in [9.17, 15) is 4.79 Å². The maximum Gasteiger partial charge on any atom is 0.410 e. The van der Waals surface area contributed by atoms with Crippen molar-refractivity contribution in [2.45, 2.75) is 33.3 Å². The number of carbonyl (C=O) groups excluding carboxylic acids is 1. The normalized spacial score (nSPS) is 14.8. The molecule has 2 heterocycles. The maximum atomic E-state index is 12.4. The number of hydrogen-bond donors (Lipinski definition) is 0. The fraction of sp³-hybridized carbons (Fsp3) is 0.375. The van der Waals surface area contributed by atoms with Gasteiger partial charge in [0.2, 0.25) is 0 Å². The molecule has 6 heteroatoms. The number of para-hydroxylation sites is 1. The Hall–Kier alpha value is -3.15. The van der Waals surface area contributed by atoms with Gasteiger partial charge in [-0.25, -0.2) is 14.8 Å². The van der Waals surface area contributed by atoms with Crippen LogP contribution < -0.4 is 4.90 Å². The van der Waals surface area contributed by atoms with Crippen molar-refractivity contribution in [3.05, 3.63) is 54.1 Å². The zero-order valence-corrected chi connectivity index (χ0v) is 18.1. The minimum Gasteiger partial charge on any atom is -0.444 e. The third-order valence-corrected chi connectivity index (χ3v) is 5.12. The highest BCUT2D eigenvalue weighted by Gasteiger charge is 2.27. The standard InChI is InChI=1S/C24H28N4O2/c1-17-9-11-18(12-10-17)21-25-20-8-6-5-7-19(20)22(26-21)27-13-15-28(16-14-27)23(29)30-24(2,3)4/h5-12H,13-16H2,1-4H3. The van der Waals surface area contributed by atoms with Crippen LogP contribution in [0.1, 0.15) is 26.3 Å². The van der Waals surface area contributed by atoms with E-state index < -0.39 is 5.60 Å². The topological polar surface area (TPSA) is 58.6 Å². The summed E-state index contributed by atoms with van der Waals surface area (Å²) in [5.41, 5.74) is 2.64. The average Bonchev–Trinajstić information content (AvgIpc) is 2.72. The molecule has 4 rings (SSSR count). The third-order valence-electron chi connectivity index (χ3n) is 5.12. The van der Waals surface area contributed by atoms with Crippen molar-refractivity contribution >= 4 is 22.8 Å². The Kier molecular flexibility index (Phi) is 5.33. The molecule has 1 fully saturated rings. The summed E-state index contributed by atoms with van der Waals surface area (Å²) in [7, 11) is 0. The summed E-state index contributed by atoms with van der Waals surface area (Å²) in [6.07, 6.45) is -0.255. The van der Waals surface area contributed by atoms with E-state index in [0.717, 1.165) is 28.1 Å². The van der Waals surface area contributed by atoms with Crippen LogP contribution in [-0.2, 0) is 4.74 Å². The van der Waals surface area contributed by atoms with Gasteiger partial charge in [0.25, 0.3) is 0 Å². The first-order chi connectivity index (χ1) is 14.3. The molecule has 0 aliphatic carbocycles. The van der Waals surface area contributed by atoms with Crippen LogP contribution in [-0.4, -0.2) is 52.7 Å². The monoisotopic (exact) mass is 404 g/mol. The number of amides is 1. The Bertz CT molecular complexity index is 1050. The van der Waals surface area contributed by atoms with E-state index in [-0.39, 0.29) is 6.09 Å². The van der Waals surface area contributed by atoms with Crippen LogP contribution in [0.15, 0.2) is 48.5 Å². The number of aryl methyl sites for hydroxylation is 1. The zero-order valence-electron chi connectivity index (χ0n) is 18.1. The molecule has 0 unspecified atom stereocenters. The van der Waals surface area contributed by atoms with Crippen LogP contribution in [0.2, 0.25) is 0 Å². The van der Waals surface area contributed by atoms with Crippen molar-refractivity contribution < 1.29 is 9.53 Å². The summed E-state index contributed by atoms with van der Waals surface area (Å²) < 4.78 is 5.52. The third kappa shape index (κ3) is 4.37. The molecule has 1 saturated heterocycles. The Morgan fingerprint density at radius 3 is 2.27 bits per heavy atom. The van der Waals surface area contributed by atoms with Gasteiger partial charge in [0.15, 0.2) is 5.82 Å². The van der Waals surface area contributed by atoms with Crippen LogP contribution in [0.5, 0.6) is 0 Å². The molecule has 1 aromatic heterocycles. The van der Waals surface area contributed by atoms with E-state index in [2.05, 4.69) is 42.2 Å². The van der Waals surface area contributed by atoms with Crippen molar-refractivity contribution in [3.63, 3.8) is 0 Å². The van der Waals surface area contributed by atoms with Crippen molar-refractivity contribution in [1.82, 2.24) is 14.9 Å². The largest absolute Gasteiger partial charge is 0.444 e. The smallest absolute Gasteiger partial charge is 0.410 e. The van der Waals surface area contributed by atoms with Gasteiger partial charge in [0.1, 0.15) is 11.4 Å². The number of ether oxygens (including phenoxy) is 1. The summed E-state index contributed by atoms with van der Waals surface area (Å²) in [6.45, 7) is 10.4. The van der Waals surface area contributed by atoms with Crippen molar-refractivity contribution in [2.75, 3.05) is 31.1 Å². The summed E-state index contributed by atoms with van der Waals surface area (Å²) in [5, 5.41) is 1.03. The van der Waals surface area contributed by atoms with Crippen LogP contribution in [0.4, 0.5) is 10.6 Å². The van der Waals surface area contributed by atoms with Crippen molar-refractivity contribution in [1.29, 1.82) is 0 Å². The lowest BCUT2D eigenvalue weighted by Crippen LogP contribution is -2.50. The second-order valence-corrected chi connectivity index (χ2v) is 8.71. The molecule has 6 nitrogen and oxygen atoms in total. The molecule has 1 amide bonds. The van der Waals surface area contributed by atoms with E-state index in [1.165, 1.54) is 5.56 Å². The minimum atomic E-state index is -0.486. The van der Waals surface area contributed by atoms with Gasteiger partial charge >= 0.3 is 6.09 Å². The first-order valence-corrected chi connectivity index (χ1v) is 10.4. The van der Waals surface area contributed by atoms with Gasteiger partial charge in [-0.2, -0.15) is 0 Å². The highest BCUT2D eigenvalue weighted by Crippen LogP contribution is 2.28. The van der Waals surface area contributed by atoms with Crippen molar-refractivity contribution in [3.8, 4) is 11.4 Å². The van der Waals surface area contributed by atoms with E-state index in [4.69, 9.17) is 14.7 Å². The Balaban J connectivity index is 1.61. The molecule has 1 aliphatic rings. The molecular formula is C24H28N4O2. The van der Waals surface area contributed by atoms with Gasteiger partial charge in [-0.05, 0) is 39.8 Å². The second-order valence-electron chi connectivity index (χ2n) is 8.71. The average molecular weight is 405 g/mol. The molecule has 2 aromatic carbocycles. The number of aromatic nitrogens is 2. The number of rotatable bonds is 2. The number of fused-ring (bicyclic) bond motifs is 1. The minimum absolute atomic E-state index is 0.255. The van der Waals surface area contributed by atoms with Gasteiger partial charge in [-0.1, -0.05) is 42.0 Å². The number of nitrogens with zero attached hydrogens (tertiary/aromatic N) is 4. The van der Waals surface area contributed by atoms with Crippen LogP contribution in [0.25, 0.3) is 22.3 Å². The molecule has 3 aromatic rings. The molecule has 0 bridgehead atoms. The molecule has 0 atom stereocenters. The van der Waals surface area contributed by atoms with E-state index in [0.29, 0.717) is 26.2 Å². The van der Waals surface area contributed by atoms with Gasteiger partial charge in [-0.3, -0.25) is 0 Å². The molecule has 30 heavy (non-hydrogen) atoms. The molecular weight excluding hydrogens is 376 g/mol. The Morgan fingerprint density at radius 1 is 0.933 bits per heavy atom. The van der Waals surface area contributed by atoms with Crippen molar-refractivity contribution in [2.24, 2.45) is 0 Å². The van der Waals surface area contributed by atoms with E-state index >= 15 is 0 Å². The fourth-order valence-electron chi connectivity index (χ4n) is 3.56. The van der Waals surface area contributed by atoms with Gasteiger partial charge in [-0.15, -0.1) is 0 Å². The van der Waals surface area contributed by atoms with Crippen LogP contribution in [0.3, 0.4) is 0 Å². The SMILES string of the molecule is Cc1ccc(-c2nc(N3CCN(C(=O)OC(C)(C)C)CC3)c3ccccc3n2)cc1. The summed E-state index contributed by atoms with van der Waals surface area (Å²) in [6, 6.07) is 16.4. The lowest BCUT2D eigenvalue weighted by Gasteiger charge is -2.36. The first-order valence-electron chi connectivity index (χ1n) is 10.4. The molecule has 0 saturated carbocycles. The lowest BCUT2D eigenvalue weighted by molar-refractivity contribution is 0.0240. The van der Waals surface area contributed by atoms with Gasteiger partial charge < -0.3 is 14.5 Å². The van der Waals surface area contributed by atoms with E-state index in [1.807, 2.05) is 39.0 Å². The maximum absolute atomic E-state index is 12.4. The van der Waals surface area contributed by atoms with E-state index in [1.54, 1.807) is 4.90 Å². The molecule has 0 N–H and O–H groups in total. The molecule has 1 aliphatic heterocycles. The summed E-state index contributed by atoms with van der Waals surface area (Å²) >= 11 is 0. The number of carbonyl (C=O) groups is 1. The summed E-state index contributed by atoms with van der Waals surface area (Å²) in [5.74, 6) is 1.64. The first kappa shape index (κ1) is 20.1. The van der Waals surface area contributed by atoms with Gasteiger partial charge in [0.05, 0.1) is 5.52 Å². The predicted octanol–water partition coefficient (Wildman–Crippen LogP) is 4.66. The molecule has 0 spiro atoms. The predicted molar refractivity (Wildman–Crippen MR) is 120 cm³/mol. The Labute approximate surface area is 177 Å². The number of benzene rings is 2. The number of anilines is 1. The fourth-order valence-corrected chi connectivity index (χ4v) is 3.56. The highest BCUT2D eigenvalue weighted by molar-refractivity contribution is 5.91. The highest BCUT2D eigenvalue weighted by atomic mass is 16.6. The Morgan fingerprint density at radius 2 is 1.60 bits per heavy atom. The molecule has 0 radical (unpaired) electrons. The molecule has 156 valence electrons. The lowest BCUT2D eigenvalue weighted by atomic mass is 10.1. The second kappa shape index (κ2) is 7.94. The van der Waals surface area contributed by atoms with Crippen LogP contribution >= 0.6 is 0 Å². The summed E-state index contributed by atoms with van der Waals surface area (Å²) in [4.78, 5) is 26.1.